The summed E-state index contributed by atoms with van der Waals surface area (Å²) in [7, 11) is 0. The molecule has 110 valence electrons. The Labute approximate surface area is 122 Å². The first-order valence-corrected chi connectivity index (χ1v) is 7.28. The summed E-state index contributed by atoms with van der Waals surface area (Å²) in [6.07, 6.45) is 2.01. The van der Waals surface area contributed by atoms with Crippen molar-refractivity contribution in [2.45, 2.75) is 25.2 Å². The van der Waals surface area contributed by atoms with E-state index in [1.54, 1.807) is 12.1 Å². The number of hydrogen-bond acceptors (Lipinski definition) is 2. The second-order valence-corrected chi connectivity index (χ2v) is 5.65. The van der Waals surface area contributed by atoms with Crippen LogP contribution >= 0.6 is 0 Å². The van der Waals surface area contributed by atoms with Gasteiger partial charge in [0.05, 0.1) is 6.42 Å². The lowest BCUT2D eigenvalue weighted by molar-refractivity contribution is -0.136. The summed E-state index contributed by atoms with van der Waals surface area (Å²) >= 11 is 0. The van der Waals surface area contributed by atoms with Crippen LogP contribution < -0.4 is 5.32 Å². The van der Waals surface area contributed by atoms with Gasteiger partial charge in [-0.3, -0.25) is 4.79 Å². The Balaban J connectivity index is 2.12. The molecule has 3 nitrogen and oxygen atoms in total. The third-order valence-corrected chi connectivity index (χ3v) is 4.14. The van der Waals surface area contributed by atoms with Gasteiger partial charge < -0.3 is 10.4 Å². The second-order valence-electron chi connectivity index (χ2n) is 5.65. The maximum absolute atomic E-state index is 13.6. The molecule has 1 aliphatic heterocycles. The molecule has 0 radical (unpaired) electrons. The molecule has 1 heterocycles. The van der Waals surface area contributed by atoms with Gasteiger partial charge in [-0.25, -0.2) is 4.39 Å². The van der Waals surface area contributed by atoms with Crippen molar-refractivity contribution in [3.05, 3.63) is 47.3 Å². The van der Waals surface area contributed by atoms with Gasteiger partial charge in [-0.2, -0.15) is 0 Å². The number of fused-ring (bicyclic) bond motifs is 1. The van der Waals surface area contributed by atoms with Gasteiger partial charge in [-0.05, 0) is 65.9 Å². The van der Waals surface area contributed by atoms with E-state index in [4.69, 9.17) is 5.11 Å². The molecule has 1 fully saturated rings. The largest absolute Gasteiger partial charge is 0.481 e. The van der Waals surface area contributed by atoms with E-state index in [9.17, 15) is 9.18 Å². The van der Waals surface area contributed by atoms with Crippen molar-refractivity contribution < 1.29 is 14.3 Å². The van der Waals surface area contributed by atoms with Crippen LogP contribution in [0.1, 0.15) is 29.9 Å². The van der Waals surface area contributed by atoms with E-state index in [0.29, 0.717) is 5.92 Å². The van der Waals surface area contributed by atoms with Gasteiger partial charge in [-0.15, -0.1) is 0 Å². The lowest BCUT2D eigenvalue weighted by Gasteiger charge is -2.25. The average molecular weight is 287 g/mol. The van der Waals surface area contributed by atoms with E-state index in [1.165, 1.54) is 6.07 Å². The molecular formula is C17H18FNO2. The molecule has 0 aliphatic carbocycles. The van der Waals surface area contributed by atoms with Crippen LogP contribution in [0.3, 0.4) is 0 Å². The van der Waals surface area contributed by atoms with Crippen molar-refractivity contribution in [2.75, 3.05) is 13.1 Å². The van der Waals surface area contributed by atoms with Crippen LogP contribution in [-0.2, 0) is 11.2 Å². The fourth-order valence-electron chi connectivity index (χ4n) is 3.17. The number of aliphatic carboxylic acids is 1. The van der Waals surface area contributed by atoms with Gasteiger partial charge in [0, 0.05) is 0 Å². The predicted molar refractivity (Wildman–Crippen MR) is 80.1 cm³/mol. The molecule has 21 heavy (non-hydrogen) atoms. The highest BCUT2D eigenvalue weighted by Gasteiger charge is 2.19. The van der Waals surface area contributed by atoms with Crippen LogP contribution in [0, 0.1) is 5.82 Å². The standard InChI is InChI=1S/C17H18FNO2/c18-14-2-1-13-7-11(9-17(20)21)8-15(16(13)10-14)12-3-5-19-6-4-12/h1-2,7-8,10,12,19H,3-6,9H2,(H,20,21). The summed E-state index contributed by atoms with van der Waals surface area (Å²) in [5.74, 6) is -0.722. The van der Waals surface area contributed by atoms with Crippen LogP contribution in [0.15, 0.2) is 30.3 Å². The minimum atomic E-state index is -0.840. The molecule has 0 amide bonds. The second kappa shape index (κ2) is 5.82. The monoisotopic (exact) mass is 287 g/mol. The lowest BCUT2D eigenvalue weighted by Crippen LogP contribution is -2.26. The normalized spacial score (nSPS) is 16.2. The number of carboxylic acid groups (broad SMARTS) is 1. The zero-order valence-electron chi connectivity index (χ0n) is 11.7. The van der Waals surface area contributed by atoms with E-state index in [0.717, 1.165) is 47.8 Å². The van der Waals surface area contributed by atoms with Crippen LogP contribution in [0.2, 0.25) is 0 Å². The Morgan fingerprint density at radius 2 is 2.00 bits per heavy atom. The molecule has 1 aliphatic rings. The molecule has 2 aromatic carbocycles. The topological polar surface area (TPSA) is 49.3 Å². The summed E-state index contributed by atoms with van der Waals surface area (Å²) < 4.78 is 13.6. The third kappa shape index (κ3) is 3.05. The van der Waals surface area contributed by atoms with E-state index in [1.807, 2.05) is 12.1 Å². The Morgan fingerprint density at radius 1 is 1.24 bits per heavy atom. The first-order valence-electron chi connectivity index (χ1n) is 7.28. The number of nitrogens with one attached hydrogen (secondary N) is 1. The fourth-order valence-corrected chi connectivity index (χ4v) is 3.17. The molecule has 0 atom stereocenters. The van der Waals surface area contributed by atoms with Gasteiger partial charge in [0.2, 0.25) is 0 Å². The van der Waals surface area contributed by atoms with E-state index in [-0.39, 0.29) is 12.2 Å². The van der Waals surface area contributed by atoms with Crippen molar-refractivity contribution in [1.29, 1.82) is 0 Å². The zero-order chi connectivity index (χ0) is 14.8. The molecule has 1 saturated heterocycles. The summed E-state index contributed by atoms with van der Waals surface area (Å²) in [4.78, 5) is 11.0. The maximum atomic E-state index is 13.6. The Morgan fingerprint density at radius 3 is 2.71 bits per heavy atom. The number of carbonyl (C=O) groups is 1. The first kappa shape index (κ1) is 14.0. The Kier molecular flexibility index (Phi) is 3.88. The fraction of sp³-hybridized carbons (Fsp3) is 0.353. The van der Waals surface area contributed by atoms with Crippen molar-refractivity contribution in [2.24, 2.45) is 0 Å². The van der Waals surface area contributed by atoms with Crippen LogP contribution in [-0.4, -0.2) is 24.2 Å². The highest BCUT2D eigenvalue weighted by atomic mass is 19.1. The van der Waals surface area contributed by atoms with Crippen LogP contribution in [0.25, 0.3) is 10.8 Å². The van der Waals surface area contributed by atoms with E-state index >= 15 is 0 Å². The van der Waals surface area contributed by atoms with Crippen molar-refractivity contribution in [3.63, 3.8) is 0 Å². The molecule has 2 aromatic rings. The molecule has 3 rings (SSSR count). The Bertz CT molecular complexity index is 678. The number of benzene rings is 2. The number of piperidine rings is 1. The minimum absolute atomic E-state index is 0.00524. The summed E-state index contributed by atoms with van der Waals surface area (Å²) in [6.45, 7) is 1.90. The number of halogens is 1. The minimum Gasteiger partial charge on any atom is -0.481 e. The zero-order valence-corrected chi connectivity index (χ0v) is 11.7. The average Bonchev–Trinajstić information content (AvgIpc) is 2.47. The summed E-state index contributed by atoms with van der Waals surface area (Å²) in [5.41, 5.74) is 1.87. The molecule has 0 aromatic heterocycles. The van der Waals surface area contributed by atoms with Crippen molar-refractivity contribution in [3.8, 4) is 0 Å². The lowest BCUT2D eigenvalue weighted by atomic mass is 9.85. The molecule has 4 heteroatoms. The first-order chi connectivity index (χ1) is 10.1. The molecule has 0 spiro atoms. The SMILES string of the molecule is O=C(O)Cc1cc(C2CCNCC2)c2cc(F)ccc2c1. The number of rotatable bonds is 3. The highest BCUT2D eigenvalue weighted by molar-refractivity contribution is 5.88. The maximum Gasteiger partial charge on any atom is 0.307 e. The number of hydrogen-bond donors (Lipinski definition) is 2. The molecule has 0 bridgehead atoms. The summed E-state index contributed by atoms with van der Waals surface area (Å²) in [6, 6.07) is 8.54. The quantitative estimate of drug-likeness (QED) is 0.912. The van der Waals surface area contributed by atoms with Gasteiger partial charge in [0.15, 0.2) is 0 Å². The van der Waals surface area contributed by atoms with Gasteiger partial charge in [0.25, 0.3) is 0 Å². The molecule has 2 N–H and O–H groups in total. The van der Waals surface area contributed by atoms with Crippen molar-refractivity contribution >= 4 is 16.7 Å². The van der Waals surface area contributed by atoms with E-state index < -0.39 is 5.97 Å². The van der Waals surface area contributed by atoms with E-state index in [2.05, 4.69) is 5.32 Å². The Hall–Kier alpha value is -1.94. The smallest absolute Gasteiger partial charge is 0.307 e. The van der Waals surface area contributed by atoms with Crippen LogP contribution in [0.5, 0.6) is 0 Å². The van der Waals surface area contributed by atoms with Gasteiger partial charge >= 0.3 is 5.97 Å². The van der Waals surface area contributed by atoms with Crippen LogP contribution in [0.4, 0.5) is 4.39 Å². The number of carboxylic acids is 1. The molecule has 0 unspecified atom stereocenters. The molecule has 0 saturated carbocycles. The van der Waals surface area contributed by atoms with Gasteiger partial charge in [-0.1, -0.05) is 18.2 Å². The summed E-state index contributed by atoms with van der Waals surface area (Å²) in [5, 5.41) is 14.2. The molecular weight excluding hydrogens is 269 g/mol. The third-order valence-electron chi connectivity index (χ3n) is 4.14. The van der Waals surface area contributed by atoms with Gasteiger partial charge in [0.1, 0.15) is 5.82 Å². The predicted octanol–water partition coefficient (Wildman–Crippen LogP) is 3.07. The highest BCUT2D eigenvalue weighted by Crippen LogP contribution is 2.33. The van der Waals surface area contributed by atoms with Crippen molar-refractivity contribution in [1.82, 2.24) is 5.32 Å².